The van der Waals surface area contributed by atoms with Crippen LogP contribution in [-0.2, 0) is 34.5 Å². The van der Waals surface area contributed by atoms with Crippen molar-refractivity contribution in [2.24, 2.45) is 0 Å². The molecule has 3 nitrogen and oxygen atoms in total. The molecule has 0 N–H and O–H groups in total. The van der Waals surface area contributed by atoms with E-state index in [4.69, 9.17) is 14.4 Å². The number of hydrogen-bond donors (Lipinski definition) is 0. The van der Waals surface area contributed by atoms with E-state index in [2.05, 4.69) is 64.0 Å². The van der Waals surface area contributed by atoms with Crippen molar-refractivity contribution in [3.05, 3.63) is 91.0 Å². The van der Waals surface area contributed by atoms with E-state index in [0.717, 1.165) is 4.53 Å². The van der Waals surface area contributed by atoms with Crippen LogP contribution < -0.4 is 23.4 Å². The molecule has 131 valence electrons. The fraction of sp³-hybridized carbons (Fsp3) is 0. The van der Waals surface area contributed by atoms with Gasteiger partial charge in [0, 0.05) is 0 Å². The van der Waals surface area contributed by atoms with Gasteiger partial charge in [0.1, 0.15) is 0 Å². The minimum absolute atomic E-state index is 0.947. The summed E-state index contributed by atoms with van der Waals surface area (Å²) >= 11 is 6.14. The van der Waals surface area contributed by atoms with Crippen LogP contribution >= 0.6 is 8.25 Å². The van der Waals surface area contributed by atoms with Crippen LogP contribution in [0.1, 0.15) is 0 Å². The van der Waals surface area contributed by atoms with Crippen molar-refractivity contribution < 1.29 is 44.3 Å². The predicted molar refractivity (Wildman–Crippen MR) is 87.2 cm³/mol. The summed E-state index contributed by atoms with van der Waals surface area (Å²) in [6.45, 7) is 0. The van der Waals surface area contributed by atoms with E-state index in [1.807, 2.05) is 42.5 Å². The topological polar surface area (TPSA) is 63.2 Å². The first-order chi connectivity index (χ1) is 11.6. The zero-order valence-electron chi connectivity index (χ0n) is 12.5. The summed E-state index contributed by atoms with van der Waals surface area (Å²) in [5.41, 5.74) is 0. The van der Waals surface area contributed by atoms with Gasteiger partial charge in [0.15, 0.2) is 0 Å². The summed E-state index contributed by atoms with van der Waals surface area (Å²) in [6, 6.07) is 30.6. The van der Waals surface area contributed by atoms with Crippen LogP contribution in [0.3, 0.4) is 0 Å². The van der Waals surface area contributed by atoms with Crippen LogP contribution in [0.2, 0.25) is 0 Å². The summed E-state index contributed by atoms with van der Waals surface area (Å²) in [4.78, 5) is 17.0. The third kappa shape index (κ3) is 11.4. The number of hydrogen-bond acceptors (Lipinski definition) is 3. The Kier molecular flexibility index (Phi) is 11.4. The molecule has 0 saturated heterocycles. The van der Waals surface area contributed by atoms with E-state index in [9.17, 15) is 0 Å². The van der Waals surface area contributed by atoms with Crippen LogP contribution in [0.4, 0.5) is 0 Å². The Labute approximate surface area is 156 Å². The molecule has 6 heteroatoms. The minimum atomic E-state index is -3.63. The van der Waals surface area contributed by atoms with Crippen LogP contribution in [0, 0.1) is 0 Å². The van der Waals surface area contributed by atoms with Crippen molar-refractivity contribution in [3.63, 3.8) is 0 Å². The monoisotopic (exact) mass is 427 g/mol. The second-order valence-electron chi connectivity index (χ2n) is 4.11. The average molecular weight is 429 g/mol. The molecule has 0 aliphatic heterocycles. The molecule has 3 rings (SSSR count). The van der Waals surface area contributed by atoms with Gasteiger partial charge >= 0.3 is 134 Å². The van der Waals surface area contributed by atoms with Crippen molar-refractivity contribution in [1.29, 1.82) is 0 Å². The van der Waals surface area contributed by atoms with Crippen LogP contribution in [0.5, 0.6) is 0 Å². The van der Waals surface area contributed by atoms with Crippen molar-refractivity contribution >= 4 is 21.9 Å². The van der Waals surface area contributed by atoms with Gasteiger partial charge in [-0.3, -0.25) is 0 Å². The third-order valence-electron chi connectivity index (χ3n) is 2.32. The first-order valence-electron chi connectivity index (χ1n) is 6.82. The van der Waals surface area contributed by atoms with E-state index in [-0.39, 0.29) is 0 Å². The molecule has 0 aliphatic carbocycles. The Morgan fingerprint density at radius 2 is 0.958 bits per heavy atom. The Morgan fingerprint density at radius 3 is 1.21 bits per heavy atom. The van der Waals surface area contributed by atoms with Gasteiger partial charge < -0.3 is 14.4 Å². The first kappa shape index (κ1) is 20.8. The van der Waals surface area contributed by atoms with Gasteiger partial charge in [-0.1, -0.05) is 8.25 Å². The van der Waals surface area contributed by atoms with Gasteiger partial charge in [0.2, 0.25) is 0 Å². The molecule has 0 atom stereocenters. The summed E-state index contributed by atoms with van der Waals surface area (Å²) < 4.78 is 12.1. The predicted octanol–water partition coefficient (Wildman–Crippen LogP) is 0.675. The molecule has 0 heterocycles. The molecule has 0 unspecified atom stereocenters. The molecule has 0 aliphatic rings. The molecule has 0 saturated carbocycles. The fourth-order valence-corrected chi connectivity index (χ4v) is 2.65. The molecule has 3 aromatic carbocycles. The zero-order valence-corrected chi connectivity index (χ0v) is 15.5. The van der Waals surface area contributed by atoms with Crippen LogP contribution in [0.15, 0.2) is 91.0 Å². The third-order valence-corrected chi connectivity index (χ3v) is 3.88. The summed E-state index contributed by atoms with van der Waals surface area (Å²) in [7, 11) is -3.63. The van der Waals surface area contributed by atoms with Gasteiger partial charge in [0.05, 0.1) is 0 Å². The molecule has 3 aromatic rings. The quantitative estimate of drug-likeness (QED) is 0.445. The molecule has 0 aromatic heterocycles. The average Bonchev–Trinajstić information content (AvgIpc) is 2.58. The SMILES string of the molecule is O=[PH]([O-])[O-].[Ni+2][c]1ccccc1.c1cc[c]([Ni][c]2ccccc2)cc1. The number of benzene rings is 3. The van der Waals surface area contributed by atoms with Gasteiger partial charge in [-0.2, -0.15) is 0 Å². The summed E-state index contributed by atoms with van der Waals surface area (Å²) in [5.74, 6) is 0. The van der Waals surface area contributed by atoms with Gasteiger partial charge in [-0.05, 0) is 0 Å². The van der Waals surface area contributed by atoms with Gasteiger partial charge in [0.25, 0.3) is 0 Å². The molecular formula is C18H16Ni2O3P. The van der Waals surface area contributed by atoms with Crippen molar-refractivity contribution in [2.45, 2.75) is 0 Å². The van der Waals surface area contributed by atoms with E-state index in [1.54, 1.807) is 14.4 Å². The maximum absolute atomic E-state index is 8.52. The van der Waals surface area contributed by atoms with E-state index >= 15 is 0 Å². The normalized spacial score (nSPS) is 9.50. The van der Waals surface area contributed by atoms with Gasteiger partial charge in [-0.15, -0.1) is 0 Å². The Bertz CT molecular complexity index is 654. The second-order valence-corrected chi connectivity index (χ2v) is 6.57. The standard InChI is InChI=1S/3C6H5.2Ni.H3O3P/c3*1-2-4-6-5-3-1;;;1-4(2)3/h3*1-5H;;;4H,(H2,1,2,3)/q;;;;+2;/p-2. The van der Waals surface area contributed by atoms with Crippen LogP contribution in [-0.4, -0.2) is 0 Å². The number of rotatable bonds is 2. The molecule has 0 amide bonds. The summed E-state index contributed by atoms with van der Waals surface area (Å²) in [6.07, 6.45) is 0. The van der Waals surface area contributed by atoms with E-state index < -0.39 is 8.25 Å². The Balaban J connectivity index is 0.000000220. The Morgan fingerprint density at radius 1 is 0.667 bits per heavy atom. The molecule has 24 heavy (non-hydrogen) atoms. The van der Waals surface area contributed by atoms with Crippen molar-refractivity contribution in [3.8, 4) is 0 Å². The van der Waals surface area contributed by atoms with Crippen molar-refractivity contribution in [2.75, 3.05) is 0 Å². The maximum atomic E-state index is 8.52. The van der Waals surface area contributed by atoms with E-state index in [1.165, 1.54) is 9.07 Å². The molecule has 0 bridgehead atoms. The van der Waals surface area contributed by atoms with Crippen LogP contribution in [0.25, 0.3) is 0 Å². The van der Waals surface area contributed by atoms with E-state index in [0.29, 0.717) is 0 Å². The first-order valence-corrected chi connectivity index (χ1v) is 9.52. The molecule has 0 fully saturated rings. The second kappa shape index (κ2) is 13.1. The molecular weight excluding hydrogens is 413 g/mol. The molecule has 0 spiro atoms. The molecule has 0 radical (unpaired) electrons. The van der Waals surface area contributed by atoms with Crippen molar-refractivity contribution in [1.82, 2.24) is 0 Å². The zero-order chi connectivity index (χ0) is 17.6. The fourth-order valence-electron chi connectivity index (χ4n) is 1.42. The summed E-state index contributed by atoms with van der Waals surface area (Å²) in [5, 5.41) is 0. The van der Waals surface area contributed by atoms with Gasteiger partial charge in [-0.25, -0.2) is 0 Å². The Hall–Kier alpha value is -1.20.